The van der Waals surface area contributed by atoms with Crippen LogP contribution in [0.2, 0.25) is 0 Å². The Balaban J connectivity index is 1.58. The van der Waals surface area contributed by atoms with Gasteiger partial charge >= 0.3 is 6.03 Å². The first-order valence-corrected chi connectivity index (χ1v) is 9.10. The van der Waals surface area contributed by atoms with Crippen molar-refractivity contribution in [1.82, 2.24) is 21.5 Å². The van der Waals surface area contributed by atoms with Gasteiger partial charge in [-0.05, 0) is 12.8 Å². The Morgan fingerprint density at radius 1 is 1.22 bits per heavy atom. The summed E-state index contributed by atoms with van der Waals surface area (Å²) in [5, 5.41) is 6.30. The largest absolute Gasteiger partial charge is 0.332 e. The van der Waals surface area contributed by atoms with Crippen molar-refractivity contribution in [3.63, 3.8) is 0 Å². The topological polar surface area (TPSA) is 99.3 Å². The molecule has 2 aliphatic rings. The van der Waals surface area contributed by atoms with E-state index in [1.54, 1.807) is 20.8 Å². The molecule has 0 aromatic carbocycles. The summed E-state index contributed by atoms with van der Waals surface area (Å²) in [5.41, 5.74) is 4.37. The standard InChI is InChI=1S/C15H26N4O3S/c1-15(2,3)13(21)19-18-11(20)7-5-4-6-10-12-9(8-23-10)16-14(22)17-12/h9-10,12H,4-8H2,1-3H3,(H,18,20)(H,19,21)(H2,16,17,22). The molecular formula is C15H26N4O3S. The van der Waals surface area contributed by atoms with Crippen molar-refractivity contribution < 1.29 is 14.4 Å². The zero-order valence-electron chi connectivity index (χ0n) is 13.9. The van der Waals surface area contributed by atoms with Gasteiger partial charge in [-0.1, -0.05) is 27.2 Å². The van der Waals surface area contributed by atoms with Crippen LogP contribution in [0.1, 0.15) is 46.5 Å². The van der Waals surface area contributed by atoms with Crippen LogP contribution in [-0.4, -0.2) is 40.9 Å². The van der Waals surface area contributed by atoms with Crippen LogP contribution < -0.4 is 21.5 Å². The maximum absolute atomic E-state index is 11.7. The molecular weight excluding hydrogens is 316 g/mol. The van der Waals surface area contributed by atoms with Crippen molar-refractivity contribution in [2.24, 2.45) is 5.41 Å². The monoisotopic (exact) mass is 342 g/mol. The molecule has 3 unspecified atom stereocenters. The lowest BCUT2D eigenvalue weighted by Crippen LogP contribution is -2.46. The molecule has 0 aromatic heterocycles. The van der Waals surface area contributed by atoms with Gasteiger partial charge in [-0.3, -0.25) is 20.4 Å². The Kier molecular flexibility index (Phi) is 5.78. The second-order valence-electron chi connectivity index (χ2n) is 7.12. The van der Waals surface area contributed by atoms with Gasteiger partial charge in [0.05, 0.1) is 12.1 Å². The minimum absolute atomic E-state index is 0.0701. The first-order valence-electron chi connectivity index (χ1n) is 8.05. The summed E-state index contributed by atoms with van der Waals surface area (Å²) < 4.78 is 0. The van der Waals surface area contributed by atoms with Crippen LogP contribution in [0.25, 0.3) is 0 Å². The Labute approximate surface area is 141 Å². The summed E-state index contributed by atoms with van der Waals surface area (Å²) in [6.07, 6.45) is 3.07. The van der Waals surface area contributed by atoms with Crippen LogP contribution in [0, 0.1) is 5.41 Å². The molecule has 3 atom stereocenters. The SMILES string of the molecule is CC(C)(C)C(=O)NNC(=O)CCCCC1SCC2NC(=O)NC21. The lowest BCUT2D eigenvalue weighted by molar-refractivity contribution is -0.133. The lowest BCUT2D eigenvalue weighted by atomic mass is 9.96. The quantitative estimate of drug-likeness (QED) is 0.339. The third-order valence-corrected chi connectivity index (χ3v) is 5.59. The highest BCUT2D eigenvalue weighted by Gasteiger charge is 2.42. The molecule has 2 saturated heterocycles. The zero-order valence-corrected chi connectivity index (χ0v) is 14.7. The number of hydrogen-bond acceptors (Lipinski definition) is 4. The Hall–Kier alpha value is -1.44. The molecule has 7 nitrogen and oxygen atoms in total. The third kappa shape index (κ3) is 5.02. The summed E-state index contributed by atoms with van der Waals surface area (Å²) >= 11 is 1.88. The van der Waals surface area contributed by atoms with Gasteiger partial charge in [0.1, 0.15) is 0 Å². The van der Waals surface area contributed by atoms with E-state index in [2.05, 4.69) is 21.5 Å². The van der Waals surface area contributed by atoms with E-state index in [1.807, 2.05) is 11.8 Å². The average Bonchev–Trinajstić information content (AvgIpc) is 2.99. The van der Waals surface area contributed by atoms with Crippen molar-refractivity contribution in [3.05, 3.63) is 0 Å². The fourth-order valence-corrected chi connectivity index (χ4v) is 4.19. The van der Waals surface area contributed by atoms with E-state index >= 15 is 0 Å². The first kappa shape index (κ1) is 17.9. The lowest BCUT2D eigenvalue weighted by Gasteiger charge is -2.18. The maximum Gasteiger partial charge on any atom is 0.315 e. The number of hydrogen-bond donors (Lipinski definition) is 4. The van der Waals surface area contributed by atoms with Crippen LogP contribution >= 0.6 is 11.8 Å². The van der Waals surface area contributed by atoms with E-state index in [-0.39, 0.29) is 29.9 Å². The smallest absolute Gasteiger partial charge is 0.315 e. The summed E-state index contributed by atoms with van der Waals surface area (Å²) in [6.45, 7) is 5.37. The van der Waals surface area contributed by atoms with Crippen molar-refractivity contribution in [2.45, 2.75) is 63.8 Å². The molecule has 0 radical (unpaired) electrons. The molecule has 130 valence electrons. The van der Waals surface area contributed by atoms with E-state index in [0.29, 0.717) is 11.7 Å². The Bertz CT molecular complexity index is 478. The number of amides is 4. The van der Waals surface area contributed by atoms with E-state index in [4.69, 9.17) is 0 Å². The summed E-state index contributed by atoms with van der Waals surface area (Å²) in [5.74, 6) is 0.576. The number of hydrazine groups is 1. The van der Waals surface area contributed by atoms with Crippen LogP contribution in [0.3, 0.4) is 0 Å². The highest BCUT2D eigenvalue weighted by atomic mass is 32.2. The highest BCUT2D eigenvalue weighted by Crippen LogP contribution is 2.33. The molecule has 2 rings (SSSR count). The third-order valence-electron chi connectivity index (χ3n) is 4.08. The van der Waals surface area contributed by atoms with Crippen LogP contribution in [-0.2, 0) is 9.59 Å². The molecule has 0 spiro atoms. The molecule has 0 saturated carbocycles. The number of unbranched alkanes of at least 4 members (excludes halogenated alkanes) is 1. The number of rotatable bonds is 5. The fourth-order valence-electron chi connectivity index (χ4n) is 2.65. The van der Waals surface area contributed by atoms with Gasteiger partial charge in [-0.2, -0.15) is 11.8 Å². The van der Waals surface area contributed by atoms with Crippen LogP contribution in [0.15, 0.2) is 0 Å². The van der Waals surface area contributed by atoms with Crippen molar-refractivity contribution >= 4 is 29.6 Å². The Morgan fingerprint density at radius 2 is 1.96 bits per heavy atom. The van der Waals surface area contributed by atoms with E-state index < -0.39 is 5.41 Å². The van der Waals surface area contributed by atoms with E-state index in [9.17, 15) is 14.4 Å². The van der Waals surface area contributed by atoms with E-state index in [1.165, 1.54) is 0 Å². The predicted molar refractivity (Wildman–Crippen MR) is 89.7 cm³/mol. The normalized spacial score (nSPS) is 26.2. The van der Waals surface area contributed by atoms with Crippen molar-refractivity contribution in [1.29, 1.82) is 0 Å². The molecule has 4 N–H and O–H groups in total. The number of thioether (sulfide) groups is 1. The van der Waals surface area contributed by atoms with Gasteiger partial charge in [0.15, 0.2) is 0 Å². The van der Waals surface area contributed by atoms with Gasteiger partial charge < -0.3 is 10.6 Å². The average molecular weight is 342 g/mol. The minimum atomic E-state index is -0.525. The Morgan fingerprint density at radius 3 is 2.65 bits per heavy atom. The number of urea groups is 1. The number of fused-ring (bicyclic) bond motifs is 1. The van der Waals surface area contributed by atoms with Crippen LogP contribution in [0.5, 0.6) is 0 Å². The summed E-state index contributed by atoms with van der Waals surface area (Å²) in [7, 11) is 0. The number of nitrogens with one attached hydrogen (secondary N) is 4. The molecule has 2 aliphatic heterocycles. The van der Waals surface area contributed by atoms with Crippen molar-refractivity contribution in [3.8, 4) is 0 Å². The molecule has 0 bridgehead atoms. The first-order chi connectivity index (χ1) is 10.8. The summed E-state index contributed by atoms with van der Waals surface area (Å²) in [4.78, 5) is 34.6. The van der Waals surface area contributed by atoms with Gasteiger partial charge in [0, 0.05) is 22.8 Å². The predicted octanol–water partition coefficient (Wildman–Crippen LogP) is 0.906. The van der Waals surface area contributed by atoms with E-state index in [0.717, 1.165) is 25.0 Å². The molecule has 0 aliphatic carbocycles. The highest BCUT2D eigenvalue weighted by molar-refractivity contribution is 8.00. The number of carbonyl (C=O) groups excluding carboxylic acids is 3. The molecule has 2 heterocycles. The van der Waals surface area contributed by atoms with Crippen molar-refractivity contribution in [2.75, 3.05) is 5.75 Å². The zero-order chi connectivity index (χ0) is 17.0. The van der Waals surface area contributed by atoms with Crippen LogP contribution in [0.4, 0.5) is 4.79 Å². The maximum atomic E-state index is 11.7. The molecule has 4 amide bonds. The molecule has 0 aromatic rings. The molecule has 2 fully saturated rings. The van der Waals surface area contributed by atoms with Gasteiger partial charge in [-0.25, -0.2) is 4.79 Å². The fraction of sp³-hybridized carbons (Fsp3) is 0.800. The molecule has 8 heteroatoms. The molecule has 23 heavy (non-hydrogen) atoms. The van der Waals surface area contributed by atoms with Gasteiger partial charge in [0.2, 0.25) is 11.8 Å². The second-order valence-corrected chi connectivity index (χ2v) is 8.39. The van der Waals surface area contributed by atoms with Gasteiger partial charge in [-0.15, -0.1) is 0 Å². The second kappa shape index (κ2) is 7.42. The van der Waals surface area contributed by atoms with Gasteiger partial charge in [0.25, 0.3) is 0 Å². The summed E-state index contributed by atoms with van der Waals surface area (Å²) in [6, 6.07) is 0.389. The minimum Gasteiger partial charge on any atom is -0.332 e. The number of carbonyl (C=O) groups is 3.